The predicted molar refractivity (Wildman–Crippen MR) is 72.0 cm³/mol. The summed E-state index contributed by atoms with van der Waals surface area (Å²) in [5, 5.41) is 2.99. The number of rotatable bonds is 3. The molecule has 0 bridgehead atoms. The number of carbonyl (C=O) groups excluding carboxylic acids is 1. The maximum Gasteiger partial charge on any atom is 0.287 e. The first-order chi connectivity index (χ1) is 7.59. The van der Waals surface area contributed by atoms with Crippen LogP contribution >= 0.6 is 15.9 Å². The van der Waals surface area contributed by atoms with Crippen LogP contribution < -0.4 is 5.32 Å². The first kappa shape index (κ1) is 14.3. The Morgan fingerprint density at radius 1 is 1.29 bits per heavy atom. The van der Waals surface area contributed by atoms with Gasteiger partial charge in [0.05, 0.1) is 0 Å². The second-order valence-corrected chi connectivity index (χ2v) is 6.96. The van der Waals surface area contributed by atoms with E-state index in [1.54, 1.807) is 12.1 Å². The average Bonchev–Trinajstić information content (AvgIpc) is 2.45. The third-order valence-corrected chi connectivity index (χ3v) is 2.65. The van der Waals surface area contributed by atoms with E-state index in [-0.39, 0.29) is 16.9 Å². The Morgan fingerprint density at radius 3 is 2.29 bits per heavy atom. The zero-order valence-corrected chi connectivity index (χ0v) is 12.6. The van der Waals surface area contributed by atoms with Crippen molar-refractivity contribution in [2.24, 2.45) is 5.41 Å². The second-order valence-electron chi connectivity index (χ2n) is 6.18. The lowest BCUT2D eigenvalue weighted by Crippen LogP contribution is -2.45. The van der Waals surface area contributed by atoms with E-state index in [1.165, 1.54) is 0 Å². The molecule has 0 fully saturated rings. The van der Waals surface area contributed by atoms with E-state index in [1.807, 2.05) is 13.8 Å². The Morgan fingerprint density at radius 2 is 1.88 bits per heavy atom. The lowest BCUT2D eigenvalue weighted by atomic mass is 9.82. The highest BCUT2D eigenvalue weighted by Crippen LogP contribution is 2.27. The summed E-state index contributed by atoms with van der Waals surface area (Å²) in [7, 11) is 0. The summed E-state index contributed by atoms with van der Waals surface area (Å²) in [6.45, 7) is 10.5. The molecule has 0 unspecified atom stereocenters. The zero-order chi connectivity index (χ0) is 13.3. The molecule has 0 saturated heterocycles. The molecule has 0 aliphatic rings. The van der Waals surface area contributed by atoms with Crippen LogP contribution in [0.15, 0.2) is 21.2 Å². The zero-order valence-electron chi connectivity index (χ0n) is 11.1. The molecule has 96 valence electrons. The van der Waals surface area contributed by atoms with Crippen molar-refractivity contribution in [1.29, 1.82) is 0 Å². The minimum absolute atomic E-state index is 0.167. The monoisotopic (exact) mass is 301 g/mol. The third kappa shape index (κ3) is 4.94. The van der Waals surface area contributed by atoms with E-state index in [4.69, 9.17) is 4.42 Å². The topological polar surface area (TPSA) is 42.2 Å². The van der Waals surface area contributed by atoms with Gasteiger partial charge >= 0.3 is 0 Å². The molecule has 0 aliphatic heterocycles. The van der Waals surface area contributed by atoms with E-state index in [0.29, 0.717) is 10.4 Å². The summed E-state index contributed by atoms with van der Waals surface area (Å²) in [5.41, 5.74) is -0.0882. The standard InChI is InChI=1S/C13H20BrNO2/c1-12(2,3)8-13(4,5)15-11(16)9-6-7-10(14)17-9/h6-7H,8H2,1-5H3,(H,15,16). The Balaban J connectivity index is 2.68. The lowest BCUT2D eigenvalue weighted by molar-refractivity contribution is 0.0861. The Bertz CT molecular complexity index is 402. The molecule has 1 N–H and O–H groups in total. The molecule has 0 saturated carbocycles. The number of hydrogen-bond acceptors (Lipinski definition) is 2. The van der Waals surface area contributed by atoms with Gasteiger partial charge in [0, 0.05) is 5.54 Å². The number of furan rings is 1. The van der Waals surface area contributed by atoms with Crippen molar-refractivity contribution < 1.29 is 9.21 Å². The van der Waals surface area contributed by atoms with Crippen LogP contribution in [0.2, 0.25) is 0 Å². The van der Waals surface area contributed by atoms with Crippen LogP contribution in [-0.4, -0.2) is 11.4 Å². The van der Waals surface area contributed by atoms with Crippen LogP contribution in [0.4, 0.5) is 0 Å². The van der Waals surface area contributed by atoms with Crippen LogP contribution in [0, 0.1) is 5.41 Å². The van der Waals surface area contributed by atoms with Crippen LogP contribution in [0.3, 0.4) is 0 Å². The highest BCUT2D eigenvalue weighted by Gasteiger charge is 2.28. The van der Waals surface area contributed by atoms with Gasteiger partial charge in [0.15, 0.2) is 10.4 Å². The van der Waals surface area contributed by atoms with E-state index >= 15 is 0 Å². The van der Waals surface area contributed by atoms with Gasteiger partial charge in [-0.15, -0.1) is 0 Å². The molecular weight excluding hydrogens is 282 g/mol. The van der Waals surface area contributed by atoms with Crippen LogP contribution in [0.25, 0.3) is 0 Å². The quantitative estimate of drug-likeness (QED) is 0.917. The van der Waals surface area contributed by atoms with Crippen LogP contribution in [0.5, 0.6) is 0 Å². The van der Waals surface area contributed by atoms with Gasteiger partial charge in [0.1, 0.15) is 0 Å². The van der Waals surface area contributed by atoms with Crippen LogP contribution in [-0.2, 0) is 0 Å². The number of amides is 1. The van der Waals surface area contributed by atoms with Gasteiger partial charge in [-0.05, 0) is 53.7 Å². The Kier molecular flexibility index (Phi) is 4.07. The highest BCUT2D eigenvalue weighted by atomic mass is 79.9. The molecule has 0 aromatic carbocycles. The van der Waals surface area contributed by atoms with E-state index in [2.05, 4.69) is 42.0 Å². The van der Waals surface area contributed by atoms with Gasteiger partial charge < -0.3 is 9.73 Å². The van der Waals surface area contributed by atoms with Gasteiger partial charge in [0.2, 0.25) is 0 Å². The van der Waals surface area contributed by atoms with Gasteiger partial charge in [-0.25, -0.2) is 0 Å². The van der Waals surface area contributed by atoms with Crippen LogP contribution in [0.1, 0.15) is 51.6 Å². The van der Waals surface area contributed by atoms with Crippen molar-refractivity contribution >= 4 is 21.8 Å². The summed E-state index contributed by atoms with van der Waals surface area (Å²) in [4.78, 5) is 11.9. The smallest absolute Gasteiger partial charge is 0.287 e. The lowest BCUT2D eigenvalue weighted by Gasteiger charge is -2.33. The third-order valence-electron chi connectivity index (χ3n) is 2.22. The fourth-order valence-electron chi connectivity index (χ4n) is 2.18. The van der Waals surface area contributed by atoms with Gasteiger partial charge in [-0.3, -0.25) is 4.79 Å². The largest absolute Gasteiger partial charge is 0.444 e. The van der Waals surface area contributed by atoms with Gasteiger partial charge in [-0.1, -0.05) is 20.8 Å². The van der Waals surface area contributed by atoms with E-state index in [9.17, 15) is 4.79 Å². The molecule has 0 spiro atoms. The molecule has 1 heterocycles. The molecule has 0 aliphatic carbocycles. The summed E-state index contributed by atoms with van der Waals surface area (Å²) in [6, 6.07) is 3.37. The van der Waals surface area contributed by atoms with Crippen molar-refractivity contribution in [2.45, 2.75) is 46.6 Å². The Hall–Kier alpha value is -0.770. The number of hydrogen-bond donors (Lipinski definition) is 1. The molecule has 1 aromatic rings. The summed E-state index contributed by atoms with van der Waals surface area (Å²) < 4.78 is 5.79. The maximum absolute atomic E-state index is 11.9. The first-order valence-electron chi connectivity index (χ1n) is 5.67. The number of nitrogens with one attached hydrogen (secondary N) is 1. The number of carbonyl (C=O) groups is 1. The van der Waals surface area contributed by atoms with Crippen molar-refractivity contribution in [3.63, 3.8) is 0 Å². The molecule has 1 aromatic heterocycles. The molecule has 4 heteroatoms. The van der Waals surface area contributed by atoms with Gasteiger partial charge in [0.25, 0.3) is 5.91 Å². The SMILES string of the molecule is CC(C)(C)CC(C)(C)NC(=O)c1ccc(Br)o1. The van der Waals surface area contributed by atoms with Crippen molar-refractivity contribution in [3.8, 4) is 0 Å². The van der Waals surface area contributed by atoms with Crippen molar-refractivity contribution in [3.05, 3.63) is 22.6 Å². The van der Waals surface area contributed by atoms with E-state index < -0.39 is 0 Å². The second kappa shape index (κ2) is 4.84. The van der Waals surface area contributed by atoms with Crippen molar-refractivity contribution in [2.75, 3.05) is 0 Å². The molecule has 0 atom stereocenters. The molecule has 1 amide bonds. The summed E-state index contributed by atoms with van der Waals surface area (Å²) in [5.74, 6) is 0.156. The fraction of sp³-hybridized carbons (Fsp3) is 0.615. The number of halogens is 1. The normalized spacial score (nSPS) is 12.6. The minimum Gasteiger partial charge on any atom is -0.444 e. The maximum atomic E-state index is 11.9. The minimum atomic E-state index is -0.255. The molecule has 17 heavy (non-hydrogen) atoms. The van der Waals surface area contributed by atoms with Gasteiger partial charge in [-0.2, -0.15) is 0 Å². The highest BCUT2D eigenvalue weighted by molar-refractivity contribution is 9.10. The van der Waals surface area contributed by atoms with Crippen molar-refractivity contribution in [1.82, 2.24) is 5.32 Å². The fourth-order valence-corrected chi connectivity index (χ4v) is 2.48. The average molecular weight is 302 g/mol. The Labute approximate surface area is 111 Å². The van der Waals surface area contributed by atoms with E-state index in [0.717, 1.165) is 6.42 Å². The molecule has 1 rings (SSSR count). The molecular formula is C13H20BrNO2. The summed E-state index contributed by atoms with van der Waals surface area (Å²) >= 11 is 3.18. The predicted octanol–water partition coefficient (Wildman–Crippen LogP) is 3.99. The molecule has 0 radical (unpaired) electrons. The molecule has 3 nitrogen and oxygen atoms in total. The first-order valence-corrected chi connectivity index (χ1v) is 6.46. The summed E-state index contributed by atoms with van der Waals surface area (Å²) in [6.07, 6.45) is 0.896.